The van der Waals surface area contributed by atoms with Crippen LogP contribution in [0.3, 0.4) is 0 Å². The van der Waals surface area contributed by atoms with Gasteiger partial charge in [-0.05, 0) is 37.5 Å². The normalized spacial score (nSPS) is 57.2. The van der Waals surface area contributed by atoms with Gasteiger partial charge in [-0.3, -0.25) is 0 Å². The zero-order valence-electron chi connectivity index (χ0n) is 7.28. The van der Waals surface area contributed by atoms with Crippen LogP contribution in [0, 0.1) is 17.8 Å². The maximum Gasteiger partial charge on any atom is 0.157 e. The Morgan fingerprint density at radius 3 is 2.25 bits per heavy atom. The number of hydrogen-bond acceptors (Lipinski definition) is 2. The molecule has 0 aromatic rings. The third kappa shape index (κ3) is 0.882. The van der Waals surface area contributed by atoms with E-state index in [4.69, 9.17) is 4.74 Å². The molecular weight excluding hydrogens is 152 g/mol. The molecule has 2 aliphatic heterocycles. The van der Waals surface area contributed by atoms with Gasteiger partial charge in [-0.2, -0.15) is 0 Å². The van der Waals surface area contributed by atoms with Crippen LogP contribution < -0.4 is 0 Å². The van der Waals surface area contributed by atoms with Crippen LogP contribution in [0.2, 0.25) is 0 Å². The second-order valence-electron chi connectivity index (χ2n) is 4.67. The van der Waals surface area contributed by atoms with Gasteiger partial charge in [-0.25, -0.2) is 0 Å². The van der Waals surface area contributed by atoms with Crippen LogP contribution in [0.25, 0.3) is 0 Å². The van der Waals surface area contributed by atoms with E-state index < -0.39 is 6.29 Å². The lowest BCUT2D eigenvalue weighted by Crippen LogP contribution is -2.53. The van der Waals surface area contributed by atoms with Crippen molar-refractivity contribution in [2.45, 2.75) is 44.5 Å². The van der Waals surface area contributed by atoms with E-state index in [0.717, 1.165) is 11.8 Å². The molecule has 2 saturated carbocycles. The third-order valence-corrected chi connectivity index (χ3v) is 3.99. The molecule has 3 atom stereocenters. The summed E-state index contributed by atoms with van der Waals surface area (Å²) in [6.45, 7) is 0. The molecule has 2 aliphatic carbocycles. The van der Waals surface area contributed by atoms with Crippen LogP contribution in [0.5, 0.6) is 0 Å². The number of ether oxygens (including phenoxy) is 1. The third-order valence-electron chi connectivity index (χ3n) is 3.99. The second kappa shape index (κ2) is 2.46. The average molecular weight is 168 g/mol. The van der Waals surface area contributed by atoms with Crippen LogP contribution in [0.1, 0.15) is 32.1 Å². The Labute approximate surface area is 72.9 Å². The van der Waals surface area contributed by atoms with Crippen molar-refractivity contribution in [1.82, 2.24) is 0 Å². The topological polar surface area (TPSA) is 29.5 Å². The quantitative estimate of drug-likeness (QED) is 0.594. The molecule has 12 heavy (non-hydrogen) atoms. The number of aliphatic hydroxyl groups is 1. The highest BCUT2D eigenvalue weighted by Crippen LogP contribution is 2.49. The zero-order chi connectivity index (χ0) is 8.13. The largest absolute Gasteiger partial charge is 0.368 e. The molecule has 0 aromatic carbocycles. The first-order chi connectivity index (χ1) is 5.84. The molecule has 4 fully saturated rings. The Morgan fingerprint density at radius 1 is 1.00 bits per heavy atom. The fourth-order valence-corrected chi connectivity index (χ4v) is 3.46. The molecule has 0 unspecified atom stereocenters. The molecule has 4 rings (SSSR count). The van der Waals surface area contributed by atoms with Gasteiger partial charge in [0, 0.05) is 5.92 Å². The van der Waals surface area contributed by atoms with E-state index in [-0.39, 0.29) is 0 Å². The first kappa shape index (κ1) is 7.34. The molecule has 2 heteroatoms. The van der Waals surface area contributed by atoms with Gasteiger partial charge in [0.25, 0.3) is 0 Å². The average Bonchev–Trinajstić information content (AvgIpc) is 2.03. The van der Waals surface area contributed by atoms with Crippen LogP contribution in [0.15, 0.2) is 0 Å². The lowest BCUT2D eigenvalue weighted by Gasteiger charge is -2.52. The van der Waals surface area contributed by atoms with Crippen molar-refractivity contribution >= 4 is 0 Å². The molecule has 2 nitrogen and oxygen atoms in total. The molecule has 0 spiro atoms. The summed E-state index contributed by atoms with van der Waals surface area (Å²) in [5.41, 5.74) is 0. The summed E-state index contributed by atoms with van der Waals surface area (Å²) in [6, 6.07) is 0. The summed E-state index contributed by atoms with van der Waals surface area (Å²) < 4.78 is 5.61. The first-order valence-electron chi connectivity index (χ1n) is 5.18. The van der Waals surface area contributed by atoms with Gasteiger partial charge in [-0.1, -0.05) is 6.42 Å². The second-order valence-corrected chi connectivity index (χ2v) is 4.67. The number of rotatable bonds is 0. The van der Waals surface area contributed by atoms with Crippen molar-refractivity contribution in [2.24, 2.45) is 17.8 Å². The SMILES string of the molecule is O[C@@H]1OC2[C@@H]3CCC[C@@H]2CC1C3. The fraction of sp³-hybridized carbons (Fsp3) is 1.00. The number of hydrogen-bond donors (Lipinski definition) is 1. The fourth-order valence-electron chi connectivity index (χ4n) is 3.46. The lowest BCUT2D eigenvalue weighted by atomic mass is 9.64. The van der Waals surface area contributed by atoms with Gasteiger partial charge >= 0.3 is 0 Å². The molecular formula is C10H16O2. The van der Waals surface area contributed by atoms with E-state index in [9.17, 15) is 5.11 Å². The van der Waals surface area contributed by atoms with Crippen molar-refractivity contribution in [2.75, 3.05) is 0 Å². The Morgan fingerprint density at radius 2 is 1.67 bits per heavy atom. The van der Waals surface area contributed by atoms with E-state index in [2.05, 4.69) is 0 Å². The highest BCUT2D eigenvalue weighted by molar-refractivity contribution is 4.95. The highest BCUT2D eigenvalue weighted by Gasteiger charge is 2.48. The van der Waals surface area contributed by atoms with Crippen molar-refractivity contribution in [1.29, 1.82) is 0 Å². The van der Waals surface area contributed by atoms with Gasteiger partial charge in [-0.15, -0.1) is 0 Å². The molecule has 4 bridgehead atoms. The Bertz CT molecular complexity index is 178. The number of fused-ring (bicyclic) bond motifs is 1. The Kier molecular flexibility index (Phi) is 1.50. The minimum Gasteiger partial charge on any atom is -0.368 e. The minimum absolute atomic E-state index is 0.416. The predicted octanol–water partition coefficient (Wildman–Crippen LogP) is 1.53. The summed E-state index contributed by atoms with van der Waals surface area (Å²) in [5.74, 6) is 2.03. The molecule has 1 N–H and O–H groups in total. The smallest absolute Gasteiger partial charge is 0.157 e. The van der Waals surface area contributed by atoms with Crippen molar-refractivity contribution in [3.8, 4) is 0 Å². The van der Waals surface area contributed by atoms with Crippen LogP contribution in [-0.2, 0) is 4.74 Å². The monoisotopic (exact) mass is 168 g/mol. The van der Waals surface area contributed by atoms with Gasteiger partial charge in [0.15, 0.2) is 6.29 Å². The van der Waals surface area contributed by atoms with E-state index >= 15 is 0 Å². The van der Waals surface area contributed by atoms with E-state index in [1.54, 1.807) is 0 Å². The van der Waals surface area contributed by atoms with Gasteiger partial charge in [0.2, 0.25) is 0 Å². The van der Waals surface area contributed by atoms with E-state index in [1.807, 2.05) is 0 Å². The van der Waals surface area contributed by atoms with E-state index in [0.29, 0.717) is 12.0 Å². The predicted molar refractivity (Wildman–Crippen MR) is 44.4 cm³/mol. The molecule has 68 valence electrons. The Hall–Kier alpha value is -0.0800. The summed E-state index contributed by atoms with van der Waals surface area (Å²) in [4.78, 5) is 0. The van der Waals surface area contributed by atoms with Gasteiger partial charge < -0.3 is 9.84 Å². The van der Waals surface area contributed by atoms with Crippen LogP contribution in [-0.4, -0.2) is 17.5 Å². The molecule has 0 amide bonds. The lowest BCUT2D eigenvalue weighted by molar-refractivity contribution is -0.270. The first-order valence-corrected chi connectivity index (χ1v) is 5.18. The number of aliphatic hydroxyl groups excluding tert-OH is 1. The molecule has 0 aromatic heterocycles. The maximum atomic E-state index is 9.53. The van der Waals surface area contributed by atoms with Crippen molar-refractivity contribution in [3.63, 3.8) is 0 Å². The van der Waals surface area contributed by atoms with Gasteiger partial charge in [0.1, 0.15) is 0 Å². The van der Waals surface area contributed by atoms with Crippen molar-refractivity contribution in [3.05, 3.63) is 0 Å². The maximum absolute atomic E-state index is 9.53. The zero-order valence-corrected chi connectivity index (χ0v) is 7.28. The minimum atomic E-state index is -0.430. The van der Waals surface area contributed by atoms with Crippen molar-refractivity contribution < 1.29 is 9.84 Å². The molecule has 2 heterocycles. The summed E-state index contributed by atoms with van der Waals surface area (Å²) in [6.07, 6.45) is 6.50. The summed E-state index contributed by atoms with van der Waals surface area (Å²) in [5, 5.41) is 9.53. The molecule has 4 aliphatic rings. The molecule has 0 radical (unpaired) electrons. The standard InChI is InChI=1S/C10H16O2/c11-10-8-4-6-2-1-3-7(5-8)9(6)12-10/h6-11H,1-5H2/t6-,7-,8?,9?,10-/m1/s1. The highest BCUT2D eigenvalue weighted by atomic mass is 16.6. The molecule has 2 saturated heterocycles. The van der Waals surface area contributed by atoms with Crippen LogP contribution >= 0.6 is 0 Å². The van der Waals surface area contributed by atoms with E-state index in [1.165, 1.54) is 32.1 Å². The van der Waals surface area contributed by atoms with Crippen LogP contribution in [0.4, 0.5) is 0 Å². The summed E-state index contributed by atoms with van der Waals surface area (Å²) >= 11 is 0. The van der Waals surface area contributed by atoms with Gasteiger partial charge in [0.05, 0.1) is 6.10 Å². The Balaban J connectivity index is 1.86. The summed E-state index contributed by atoms with van der Waals surface area (Å²) in [7, 11) is 0.